The first-order chi connectivity index (χ1) is 10.8. The van der Waals surface area contributed by atoms with Crippen molar-refractivity contribution in [2.45, 2.75) is 20.3 Å². The van der Waals surface area contributed by atoms with E-state index in [1.54, 1.807) is 13.0 Å². The number of imide groups is 1. The summed E-state index contributed by atoms with van der Waals surface area (Å²) in [5, 5.41) is 8.07. The van der Waals surface area contributed by atoms with Crippen molar-refractivity contribution in [3.05, 3.63) is 46.8 Å². The highest BCUT2D eigenvalue weighted by Gasteiger charge is 2.23. The Kier molecular flexibility index (Phi) is 4.73. The van der Waals surface area contributed by atoms with E-state index in [2.05, 4.69) is 10.4 Å². The zero-order chi connectivity index (χ0) is 17.1. The van der Waals surface area contributed by atoms with E-state index in [1.165, 1.54) is 7.05 Å². The summed E-state index contributed by atoms with van der Waals surface area (Å²) in [4.78, 5) is 23.9. The van der Waals surface area contributed by atoms with Gasteiger partial charge in [0.05, 0.1) is 5.56 Å². The van der Waals surface area contributed by atoms with Gasteiger partial charge >= 0.3 is 6.03 Å². The Morgan fingerprint density at radius 3 is 2.61 bits per heavy atom. The number of hydrogen-bond acceptors (Lipinski definition) is 3. The second-order valence-corrected chi connectivity index (χ2v) is 5.13. The van der Waals surface area contributed by atoms with E-state index in [9.17, 15) is 18.4 Å². The monoisotopic (exact) mass is 322 g/mol. The van der Waals surface area contributed by atoms with Crippen molar-refractivity contribution in [3.63, 3.8) is 0 Å². The van der Waals surface area contributed by atoms with Crippen LogP contribution in [0.4, 0.5) is 19.3 Å². The Hall–Kier alpha value is -2.77. The third-order valence-corrected chi connectivity index (χ3v) is 3.18. The smallest absolute Gasteiger partial charge is 0.307 e. The minimum Gasteiger partial charge on any atom is -0.307 e. The first-order valence-corrected chi connectivity index (χ1v) is 6.79. The van der Waals surface area contributed by atoms with E-state index < -0.39 is 24.1 Å². The summed E-state index contributed by atoms with van der Waals surface area (Å²) in [7, 11) is 1.42. The number of carbonyl (C=O) groups is 2. The number of benzene rings is 1. The van der Waals surface area contributed by atoms with Crippen molar-refractivity contribution < 1.29 is 18.4 Å². The molecule has 0 radical (unpaired) electrons. The molecule has 6 nitrogen and oxygen atoms in total. The van der Waals surface area contributed by atoms with Crippen LogP contribution in [0.1, 0.15) is 33.6 Å². The van der Waals surface area contributed by atoms with E-state index in [1.807, 2.05) is 24.4 Å². The molecule has 3 amide bonds. The molecule has 8 heteroatoms. The maximum Gasteiger partial charge on any atom is 0.326 e. The third-order valence-electron chi connectivity index (χ3n) is 3.18. The number of nitrogens with zero attached hydrogens (tertiary/aromatic N) is 2. The van der Waals surface area contributed by atoms with Gasteiger partial charge in [-0.2, -0.15) is 5.10 Å². The Balaban J connectivity index is 2.11. The molecule has 1 aromatic carbocycles. The number of halogens is 2. The van der Waals surface area contributed by atoms with Crippen molar-refractivity contribution in [1.82, 2.24) is 15.1 Å². The molecule has 0 spiro atoms. The number of hydrogen-bond donors (Lipinski definition) is 2. The second kappa shape index (κ2) is 6.55. The molecule has 0 aliphatic heterocycles. The van der Waals surface area contributed by atoms with Crippen LogP contribution in [-0.4, -0.2) is 21.7 Å². The fourth-order valence-corrected chi connectivity index (χ4v) is 2.04. The van der Waals surface area contributed by atoms with E-state index in [0.717, 1.165) is 22.0 Å². The van der Waals surface area contributed by atoms with Crippen LogP contribution in [0.3, 0.4) is 0 Å². The van der Waals surface area contributed by atoms with Gasteiger partial charge < -0.3 is 5.32 Å². The number of amides is 3. The van der Waals surface area contributed by atoms with Gasteiger partial charge in [-0.15, -0.1) is 0 Å². The topological polar surface area (TPSA) is 76.0 Å². The molecular weight excluding hydrogens is 306 g/mol. The molecule has 0 saturated carbocycles. The molecule has 0 unspecified atom stereocenters. The average Bonchev–Trinajstić information content (AvgIpc) is 2.85. The maximum absolute atomic E-state index is 12.8. The van der Waals surface area contributed by atoms with Crippen molar-refractivity contribution >= 4 is 17.6 Å². The minimum absolute atomic E-state index is 0.335. The van der Waals surface area contributed by atoms with Gasteiger partial charge in [-0.1, -0.05) is 12.1 Å². The fraction of sp³-hybridized carbons (Fsp3) is 0.267. The van der Waals surface area contributed by atoms with Crippen LogP contribution < -0.4 is 10.6 Å². The number of urea groups is 1. The zero-order valence-electron chi connectivity index (χ0n) is 12.9. The molecule has 2 aromatic rings. The predicted molar refractivity (Wildman–Crippen MR) is 80.6 cm³/mol. The molecule has 2 N–H and O–H groups in total. The Bertz CT molecular complexity index is 756. The minimum atomic E-state index is -2.90. The lowest BCUT2D eigenvalue weighted by Crippen LogP contribution is -2.34. The van der Waals surface area contributed by atoms with E-state index in [4.69, 9.17) is 0 Å². The summed E-state index contributed by atoms with van der Waals surface area (Å²) >= 11 is 0. The van der Waals surface area contributed by atoms with E-state index in [0.29, 0.717) is 5.69 Å². The summed E-state index contributed by atoms with van der Waals surface area (Å²) in [6.45, 7) is 3.66. The first kappa shape index (κ1) is 16.6. The Morgan fingerprint density at radius 2 is 1.96 bits per heavy atom. The van der Waals surface area contributed by atoms with Gasteiger partial charge in [0.25, 0.3) is 12.3 Å². The molecular formula is C15H16F2N4O2. The maximum atomic E-state index is 12.8. The summed E-state index contributed by atoms with van der Waals surface area (Å²) in [6, 6.07) is 4.65. The third kappa shape index (κ3) is 3.91. The molecule has 122 valence electrons. The van der Waals surface area contributed by atoms with Crippen molar-refractivity contribution in [2.24, 2.45) is 7.05 Å². The molecule has 0 atom stereocenters. The lowest BCUT2D eigenvalue weighted by atomic mass is 10.1. The fourth-order valence-electron chi connectivity index (χ4n) is 2.04. The number of rotatable bonds is 3. The molecule has 0 aliphatic rings. The number of nitrogens with one attached hydrogen (secondary N) is 2. The summed E-state index contributed by atoms with van der Waals surface area (Å²) in [6.07, 6.45) is -1.76. The van der Waals surface area contributed by atoms with Gasteiger partial charge in [0.2, 0.25) is 0 Å². The largest absolute Gasteiger partial charge is 0.326 e. The summed E-state index contributed by atoms with van der Waals surface area (Å²) < 4.78 is 26.7. The molecule has 2 rings (SSSR count). The standard InChI is InChI=1S/C15H16F2N4O2/c1-8-4-5-9(2)11(6-8)18-15(23)19-14(22)10-7-21(3)20-12(10)13(16)17/h4-7,13H,1-3H3,(H2,18,19,22,23). The lowest BCUT2D eigenvalue weighted by Gasteiger charge is -2.10. The molecule has 1 aromatic heterocycles. The number of alkyl halides is 2. The van der Waals surface area contributed by atoms with Gasteiger partial charge in [-0.05, 0) is 31.0 Å². The van der Waals surface area contributed by atoms with Crippen molar-refractivity contribution in [1.29, 1.82) is 0 Å². The van der Waals surface area contributed by atoms with Crippen LogP contribution in [0.5, 0.6) is 0 Å². The van der Waals surface area contributed by atoms with Crippen LogP contribution in [-0.2, 0) is 7.05 Å². The molecule has 0 saturated heterocycles. The van der Waals surface area contributed by atoms with Crippen molar-refractivity contribution in [2.75, 3.05) is 5.32 Å². The molecule has 0 fully saturated rings. The predicted octanol–water partition coefficient (Wildman–Crippen LogP) is 2.94. The highest BCUT2D eigenvalue weighted by molar-refractivity contribution is 6.08. The Morgan fingerprint density at radius 1 is 1.26 bits per heavy atom. The van der Waals surface area contributed by atoms with Crippen LogP contribution in [0, 0.1) is 13.8 Å². The van der Waals surface area contributed by atoms with Gasteiger partial charge in [0.1, 0.15) is 5.69 Å². The molecule has 0 bridgehead atoms. The normalized spacial score (nSPS) is 10.7. The average molecular weight is 322 g/mol. The van der Waals surface area contributed by atoms with Gasteiger partial charge in [0.15, 0.2) is 0 Å². The number of aromatic nitrogens is 2. The lowest BCUT2D eigenvalue weighted by molar-refractivity contribution is 0.0952. The number of carbonyl (C=O) groups excluding carboxylic acids is 2. The molecule has 0 aliphatic carbocycles. The highest BCUT2D eigenvalue weighted by atomic mass is 19.3. The first-order valence-electron chi connectivity index (χ1n) is 6.79. The zero-order valence-corrected chi connectivity index (χ0v) is 12.9. The van der Waals surface area contributed by atoms with E-state index >= 15 is 0 Å². The highest BCUT2D eigenvalue weighted by Crippen LogP contribution is 2.21. The summed E-state index contributed by atoms with van der Waals surface area (Å²) in [5.41, 5.74) is 1.29. The summed E-state index contributed by atoms with van der Waals surface area (Å²) in [5.74, 6) is -0.934. The number of anilines is 1. The second-order valence-electron chi connectivity index (χ2n) is 5.13. The molecule has 23 heavy (non-hydrogen) atoms. The molecule has 1 heterocycles. The quantitative estimate of drug-likeness (QED) is 0.912. The van der Waals surface area contributed by atoms with Crippen LogP contribution in [0.25, 0.3) is 0 Å². The van der Waals surface area contributed by atoms with Crippen molar-refractivity contribution in [3.8, 4) is 0 Å². The van der Waals surface area contributed by atoms with Gasteiger partial charge in [-0.25, -0.2) is 13.6 Å². The Labute approximate surface area is 131 Å². The van der Waals surface area contributed by atoms with Gasteiger partial charge in [-0.3, -0.25) is 14.8 Å². The van der Waals surface area contributed by atoms with Gasteiger partial charge in [0, 0.05) is 18.9 Å². The van der Waals surface area contributed by atoms with Crippen LogP contribution in [0.2, 0.25) is 0 Å². The number of aryl methyl sites for hydroxylation is 3. The van der Waals surface area contributed by atoms with Crippen LogP contribution in [0.15, 0.2) is 24.4 Å². The van der Waals surface area contributed by atoms with Crippen LogP contribution >= 0.6 is 0 Å². The van der Waals surface area contributed by atoms with E-state index in [-0.39, 0.29) is 5.56 Å². The SMILES string of the molecule is Cc1ccc(C)c(NC(=O)NC(=O)c2cn(C)nc2C(F)F)c1.